The number of hydrogen-bond donors (Lipinski definition) is 2. The molecule has 4 rings (SSSR count). The van der Waals surface area contributed by atoms with Crippen LogP contribution in [0.4, 0.5) is 0 Å². The van der Waals surface area contributed by atoms with Crippen LogP contribution in [-0.4, -0.2) is 37.7 Å². The molecule has 0 unspecified atom stereocenters. The van der Waals surface area contributed by atoms with Crippen LogP contribution < -0.4 is 20.6 Å². The molecule has 1 saturated heterocycles. The Bertz CT molecular complexity index is 940. The van der Waals surface area contributed by atoms with Crippen LogP contribution >= 0.6 is 0 Å². The van der Waals surface area contributed by atoms with Crippen molar-refractivity contribution in [1.82, 2.24) is 5.32 Å². The van der Waals surface area contributed by atoms with Crippen molar-refractivity contribution in [3.05, 3.63) is 40.2 Å². The van der Waals surface area contributed by atoms with E-state index in [1.807, 2.05) is 19.1 Å². The van der Waals surface area contributed by atoms with Crippen molar-refractivity contribution in [2.24, 2.45) is 0 Å². The number of benzene rings is 1. The largest absolute Gasteiger partial charge is 0.484 e. The number of likely N-dealkylation sites (tertiary alicyclic amines) is 1. The number of carbonyl (C=O) groups is 1. The fourth-order valence-electron chi connectivity index (χ4n) is 5.26. The number of aryl methyl sites for hydroxylation is 1. The second kappa shape index (κ2) is 9.21. The lowest BCUT2D eigenvalue weighted by molar-refractivity contribution is -0.957. The first-order valence-electron chi connectivity index (χ1n) is 11.3. The van der Waals surface area contributed by atoms with Crippen molar-refractivity contribution in [2.45, 2.75) is 63.8 Å². The highest BCUT2D eigenvalue weighted by Crippen LogP contribution is 2.26. The summed E-state index contributed by atoms with van der Waals surface area (Å²) in [6.07, 6.45) is 10.2. The van der Waals surface area contributed by atoms with Crippen LogP contribution in [0.25, 0.3) is 11.0 Å². The van der Waals surface area contributed by atoms with Crippen molar-refractivity contribution >= 4 is 16.9 Å². The van der Waals surface area contributed by atoms with E-state index in [4.69, 9.17) is 9.15 Å². The lowest BCUT2D eigenvalue weighted by Crippen LogP contribution is -3.22. The molecule has 1 aliphatic heterocycles. The zero-order valence-electron chi connectivity index (χ0n) is 17.9. The van der Waals surface area contributed by atoms with Crippen LogP contribution in [-0.2, 0) is 4.79 Å². The molecule has 6 heteroatoms. The summed E-state index contributed by atoms with van der Waals surface area (Å²) < 4.78 is 11.0. The van der Waals surface area contributed by atoms with Gasteiger partial charge in [-0.2, -0.15) is 0 Å². The van der Waals surface area contributed by atoms with Gasteiger partial charge < -0.3 is 19.4 Å². The lowest BCUT2D eigenvalue weighted by atomic mass is 9.79. The van der Waals surface area contributed by atoms with Crippen LogP contribution in [0.1, 0.15) is 56.9 Å². The molecule has 1 aliphatic carbocycles. The summed E-state index contributed by atoms with van der Waals surface area (Å²) in [6.45, 7) is 5.03. The predicted molar refractivity (Wildman–Crippen MR) is 116 cm³/mol. The molecular formula is C24H33N2O4+. The van der Waals surface area contributed by atoms with E-state index in [0.717, 1.165) is 17.5 Å². The number of quaternary nitrogens is 1. The molecule has 2 fully saturated rings. The smallest absolute Gasteiger partial charge is 0.336 e. The van der Waals surface area contributed by atoms with E-state index >= 15 is 0 Å². The topological polar surface area (TPSA) is 73.0 Å². The van der Waals surface area contributed by atoms with Gasteiger partial charge in [0.05, 0.1) is 19.6 Å². The Morgan fingerprint density at radius 3 is 2.60 bits per heavy atom. The van der Waals surface area contributed by atoms with Gasteiger partial charge in [-0.1, -0.05) is 6.42 Å². The summed E-state index contributed by atoms with van der Waals surface area (Å²) in [5.74, 6) is 0.433. The summed E-state index contributed by atoms with van der Waals surface area (Å²) in [6, 6.07) is 6.82. The highest BCUT2D eigenvalue weighted by Gasteiger charge is 2.42. The SMILES string of the molecule is Cc1cc(=O)oc2cc(OCC(=O)NCC3([NH+]4CCCCC4)CCCCC3)ccc12. The minimum absolute atomic E-state index is 0.0348. The molecule has 2 aromatic rings. The summed E-state index contributed by atoms with van der Waals surface area (Å²) in [4.78, 5) is 25.8. The molecule has 30 heavy (non-hydrogen) atoms. The van der Waals surface area contributed by atoms with Crippen LogP contribution in [0.15, 0.2) is 33.5 Å². The van der Waals surface area contributed by atoms with Gasteiger partial charge in [0.1, 0.15) is 16.9 Å². The fraction of sp³-hybridized carbons (Fsp3) is 0.583. The maximum absolute atomic E-state index is 12.5. The van der Waals surface area contributed by atoms with Gasteiger partial charge in [0.25, 0.3) is 5.91 Å². The Balaban J connectivity index is 1.36. The lowest BCUT2D eigenvalue weighted by Gasteiger charge is -2.45. The predicted octanol–water partition coefficient (Wildman–Crippen LogP) is 2.37. The van der Waals surface area contributed by atoms with E-state index in [9.17, 15) is 9.59 Å². The van der Waals surface area contributed by atoms with Gasteiger partial charge in [-0.25, -0.2) is 4.79 Å². The zero-order chi connectivity index (χ0) is 21.0. The van der Waals surface area contributed by atoms with Crippen LogP contribution in [0, 0.1) is 6.92 Å². The third-order valence-corrected chi connectivity index (χ3v) is 6.93. The van der Waals surface area contributed by atoms with E-state index in [0.29, 0.717) is 11.3 Å². The van der Waals surface area contributed by atoms with Gasteiger partial charge in [-0.15, -0.1) is 0 Å². The number of amides is 1. The third-order valence-electron chi connectivity index (χ3n) is 6.93. The number of carbonyl (C=O) groups excluding carboxylic acids is 1. The van der Waals surface area contributed by atoms with Crippen molar-refractivity contribution in [2.75, 3.05) is 26.2 Å². The molecule has 1 saturated carbocycles. The average molecular weight is 414 g/mol. The van der Waals surface area contributed by atoms with Gasteiger partial charge in [-0.3, -0.25) is 4.79 Å². The summed E-state index contributed by atoms with van der Waals surface area (Å²) in [7, 11) is 0. The Labute approximate surface area is 177 Å². The molecular weight excluding hydrogens is 380 g/mol. The number of hydrogen-bond acceptors (Lipinski definition) is 4. The molecule has 0 radical (unpaired) electrons. The van der Waals surface area contributed by atoms with Gasteiger partial charge in [-0.05, 0) is 56.7 Å². The Hall–Kier alpha value is -2.34. The molecule has 2 N–H and O–H groups in total. The van der Waals surface area contributed by atoms with E-state index in [1.165, 1.54) is 70.5 Å². The molecule has 1 amide bonds. The van der Waals surface area contributed by atoms with E-state index in [1.54, 1.807) is 11.0 Å². The summed E-state index contributed by atoms with van der Waals surface area (Å²) in [5, 5.41) is 4.03. The first kappa shape index (κ1) is 20.9. The molecule has 1 aromatic carbocycles. The second-order valence-corrected chi connectivity index (χ2v) is 8.98. The highest BCUT2D eigenvalue weighted by molar-refractivity contribution is 5.81. The average Bonchev–Trinajstić information content (AvgIpc) is 2.77. The Morgan fingerprint density at radius 2 is 1.83 bits per heavy atom. The van der Waals surface area contributed by atoms with E-state index < -0.39 is 0 Å². The maximum Gasteiger partial charge on any atom is 0.336 e. The quantitative estimate of drug-likeness (QED) is 0.713. The molecule has 0 spiro atoms. The monoisotopic (exact) mass is 413 g/mol. The van der Waals surface area contributed by atoms with Crippen molar-refractivity contribution in [1.29, 1.82) is 0 Å². The van der Waals surface area contributed by atoms with Gasteiger partial charge in [0, 0.05) is 30.4 Å². The normalized spacial score (nSPS) is 19.5. The van der Waals surface area contributed by atoms with Crippen molar-refractivity contribution < 1.29 is 18.8 Å². The Kier molecular flexibility index (Phi) is 6.42. The molecule has 2 heterocycles. The maximum atomic E-state index is 12.5. The van der Waals surface area contributed by atoms with Crippen molar-refractivity contribution in [3.63, 3.8) is 0 Å². The summed E-state index contributed by atoms with van der Waals surface area (Å²) in [5.41, 5.74) is 1.15. The highest BCUT2D eigenvalue weighted by atomic mass is 16.5. The second-order valence-electron chi connectivity index (χ2n) is 8.98. The number of fused-ring (bicyclic) bond motifs is 1. The first-order valence-corrected chi connectivity index (χ1v) is 11.3. The molecule has 2 aliphatic rings. The third kappa shape index (κ3) is 4.69. The zero-order valence-corrected chi connectivity index (χ0v) is 17.9. The van der Waals surface area contributed by atoms with Crippen LogP contribution in [0.3, 0.4) is 0 Å². The van der Waals surface area contributed by atoms with Gasteiger partial charge in [0.15, 0.2) is 6.61 Å². The summed E-state index contributed by atoms with van der Waals surface area (Å²) >= 11 is 0. The minimum atomic E-state index is -0.382. The molecule has 6 nitrogen and oxygen atoms in total. The number of piperidine rings is 1. The molecule has 0 bridgehead atoms. The van der Waals surface area contributed by atoms with E-state index in [2.05, 4.69) is 5.32 Å². The first-order chi connectivity index (χ1) is 14.6. The fourth-order valence-corrected chi connectivity index (χ4v) is 5.26. The minimum Gasteiger partial charge on any atom is -0.484 e. The molecule has 1 aromatic heterocycles. The van der Waals surface area contributed by atoms with E-state index in [-0.39, 0.29) is 23.7 Å². The molecule has 0 atom stereocenters. The number of nitrogens with one attached hydrogen (secondary N) is 2. The van der Waals surface area contributed by atoms with Crippen molar-refractivity contribution in [3.8, 4) is 5.75 Å². The standard InChI is InChI=1S/C24H32N2O4/c1-18-14-23(28)30-21-15-19(8-9-20(18)21)29-16-22(27)25-17-24(10-4-2-5-11-24)26-12-6-3-7-13-26/h8-9,14-15H,2-7,10-13,16-17H2,1H3,(H,25,27)/p+1. The van der Waals surface area contributed by atoms with Gasteiger partial charge in [0.2, 0.25) is 0 Å². The number of rotatable bonds is 6. The Morgan fingerprint density at radius 1 is 1.10 bits per heavy atom. The van der Waals surface area contributed by atoms with Crippen LogP contribution in [0.5, 0.6) is 5.75 Å². The van der Waals surface area contributed by atoms with Gasteiger partial charge >= 0.3 is 5.63 Å². The van der Waals surface area contributed by atoms with Crippen LogP contribution in [0.2, 0.25) is 0 Å². The molecule has 162 valence electrons. The number of ether oxygens (including phenoxy) is 1.